The standard InChI is InChI=1S/C73H88O12/c1-5-7-9-11-18-22-26-54(3)80-70(76)60-34-30-56(31-35-60)58-38-46-66(47-39-58)84-72(78)62-42-50-64(51-43-62)82-68(74)28-24-20-16-14-13-15-17-21-25-29-69(75)83-65-52-44-63(45-53-65)73(79)85-67-48-40-59(41-49-67)57-32-36-61(37-33-57)71(77)81-55(4)27-23-19-12-10-8-6-2/h30-55H,5-29H2,1-4H3. The number of benzene rings is 6. The Labute approximate surface area is 504 Å². The van der Waals surface area contributed by atoms with Crippen molar-refractivity contribution < 1.29 is 57.2 Å². The summed E-state index contributed by atoms with van der Waals surface area (Å²) in [6.07, 6.45) is 25.0. The van der Waals surface area contributed by atoms with Crippen LogP contribution in [-0.2, 0) is 19.1 Å². The summed E-state index contributed by atoms with van der Waals surface area (Å²) >= 11 is 0. The van der Waals surface area contributed by atoms with Gasteiger partial charge in [0, 0.05) is 12.8 Å². The summed E-state index contributed by atoms with van der Waals surface area (Å²) < 4.78 is 33.6. The molecule has 2 atom stereocenters. The summed E-state index contributed by atoms with van der Waals surface area (Å²) in [7, 11) is 0. The average Bonchev–Trinajstić information content (AvgIpc) is 3.71. The van der Waals surface area contributed by atoms with E-state index in [-0.39, 0.29) is 36.1 Å². The summed E-state index contributed by atoms with van der Waals surface area (Å²) in [4.78, 5) is 76.3. The highest BCUT2D eigenvalue weighted by Crippen LogP contribution is 2.27. The first-order valence-corrected chi connectivity index (χ1v) is 31.3. The van der Waals surface area contributed by atoms with E-state index in [1.165, 1.54) is 51.4 Å². The predicted octanol–water partition coefficient (Wildman–Crippen LogP) is 18.9. The molecule has 0 fully saturated rings. The first-order valence-electron chi connectivity index (χ1n) is 31.3. The molecule has 0 aliphatic rings. The van der Waals surface area contributed by atoms with Crippen LogP contribution in [0.4, 0.5) is 0 Å². The molecule has 452 valence electrons. The Kier molecular flexibility index (Phi) is 29.2. The van der Waals surface area contributed by atoms with E-state index in [4.69, 9.17) is 28.4 Å². The molecule has 0 N–H and O–H groups in total. The Balaban J connectivity index is 0.759. The minimum Gasteiger partial charge on any atom is -0.459 e. The molecule has 0 amide bonds. The third-order valence-corrected chi connectivity index (χ3v) is 15.0. The Morgan fingerprint density at radius 1 is 0.282 bits per heavy atom. The highest BCUT2D eigenvalue weighted by Gasteiger charge is 2.17. The van der Waals surface area contributed by atoms with Crippen LogP contribution in [0.2, 0.25) is 0 Å². The van der Waals surface area contributed by atoms with E-state index in [0.717, 1.165) is 119 Å². The Hall–Kier alpha value is -7.86. The molecule has 0 heterocycles. The number of hydrogen-bond acceptors (Lipinski definition) is 12. The van der Waals surface area contributed by atoms with Crippen molar-refractivity contribution in [2.45, 2.75) is 200 Å². The molecular formula is C73H88O12. The fraction of sp³-hybridized carbons (Fsp3) is 0.425. The average molecular weight is 1160 g/mol. The summed E-state index contributed by atoms with van der Waals surface area (Å²) in [5.41, 5.74) is 5.29. The molecule has 6 aromatic rings. The van der Waals surface area contributed by atoms with E-state index in [1.807, 2.05) is 62.4 Å². The smallest absolute Gasteiger partial charge is 0.343 e. The van der Waals surface area contributed by atoms with Gasteiger partial charge in [-0.1, -0.05) is 172 Å². The van der Waals surface area contributed by atoms with Gasteiger partial charge in [0.15, 0.2) is 0 Å². The number of hydrogen-bond donors (Lipinski definition) is 0. The summed E-state index contributed by atoms with van der Waals surface area (Å²) in [5.74, 6) is -0.862. The normalized spacial score (nSPS) is 11.7. The summed E-state index contributed by atoms with van der Waals surface area (Å²) in [5, 5.41) is 0. The van der Waals surface area contributed by atoms with Gasteiger partial charge < -0.3 is 28.4 Å². The van der Waals surface area contributed by atoms with E-state index >= 15 is 0 Å². The quantitative estimate of drug-likeness (QED) is 0.0206. The SMILES string of the molecule is CCCCCCCCC(C)OC(=O)c1ccc(-c2ccc(OC(=O)c3ccc(OC(=O)CCCCCCCCCCCC(=O)Oc4ccc(C(=O)Oc5ccc(-c6ccc(C(=O)OC(C)CCCCCCCC)cc6)cc5)cc4)cc3)cc2)cc1. The van der Waals surface area contributed by atoms with Crippen molar-refractivity contribution in [3.05, 3.63) is 168 Å². The van der Waals surface area contributed by atoms with E-state index in [2.05, 4.69) is 13.8 Å². The third-order valence-electron chi connectivity index (χ3n) is 15.0. The monoisotopic (exact) mass is 1160 g/mol. The molecule has 6 aromatic carbocycles. The van der Waals surface area contributed by atoms with Crippen LogP contribution in [0.5, 0.6) is 23.0 Å². The van der Waals surface area contributed by atoms with Gasteiger partial charge in [-0.3, -0.25) is 9.59 Å². The molecule has 0 spiro atoms. The van der Waals surface area contributed by atoms with Crippen LogP contribution in [0, 0.1) is 0 Å². The zero-order valence-electron chi connectivity index (χ0n) is 50.6. The Bertz CT molecular complexity index is 2740. The first kappa shape index (κ1) is 66.3. The van der Waals surface area contributed by atoms with Gasteiger partial charge in [-0.2, -0.15) is 0 Å². The van der Waals surface area contributed by atoms with Gasteiger partial charge in [0.05, 0.1) is 34.5 Å². The van der Waals surface area contributed by atoms with Crippen LogP contribution in [0.15, 0.2) is 146 Å². The van der Waals surface area contributed by atoms with E-state index in [0.29, 0.717) is 58.1 Å². The second kappa shape index (κ2) is 37.5. The predicted molar refractivity (Wildman–Crippen MR) is 334 cm³/mol. The summed E-state index contributed by atoms with van der Waals surface area (Å²) in [6.45, 7) is 8.31. The lowest BCUT2D eigenvalue weighted by atomic mass is 10.0. The van der Waals surface area contributed by atoms with Crippen LogP contribution in [-0.4, -0.2) is 48.0 Å². The number of ether oxygens (including phenoxy) is 6. The highest BCUT2D eigenvalue weighted by atomic mass is 16.6. The minimum absolute atomic E-state index is 0.128. The molecule has 0 aromatic heterocycles. The lowest BCUT2D eigenvalue weighted by Gasteiger charge is -2.13. The van der Waals surface area contributed by atoms with Crippen LogP contribution >= 0.6 is 0 Å². The van der Waals surface area contributed by atoms with Gasteiger partial charge in [-0.15, -0.1) is 0 Å². The number of esters is 6. The molecule has 0 saturated carbocycles. The maximum atomic E-state index is 12.9. The number of carbonyl (C=O) groups excluding carboxylic acids is 6. The lowest BCUT2D eigenvalue weighted by Crippen LogP contribution is -2.15. The van der Waals surface area contributed by atoms with Crippen LogP contribution in [0.1, 0.15) is 230 Å². The molecule has 0 bridgehead atoms. The minimum atomic E-state index is -0.534. The van der Waals surface area contributed by atoms with E-state index in [1.54, 1.807) is 97.1 Å². The van der Waals surface area contributed by atoms with Crippen molar-refractivity contribution >= 4 is 35.8 Å². The van der Waals surface area contributed by atoms with Crippen LogP contribution in [0.3, 0.4) is 0 Å². The molecule has 0 radical (unpaired) electrons. The van der Waals surface area contributed by atoms with Crippen molar-refractivity contribution in [3.63, 3.8) is 0 Å². The van der Waals surface area contributed by atoms with Gasteiger partial charge in [-0.25, -0.2) is 19.2 Å². The topological polar surface area (TPSA) is 158 Å². The van der Waals surface area contributed by atoms with Gasteiger partial charge >= 0.3 is 35.8 Å². The number of unbranched alkanes of at least 4 members (excludes halogenated alkanes) is 18. The van der Waals surface area contributed by atoms with Crippen LogP contribution < -0.4 is 18.9 Å². The second-order valence-corrected chi connectivity index (χ2v) is 22.2. The third kappa shape index (κ3) is 24.7. The zero-order valence-corrected chi connectivity index (χ0v) is 50.6. The molecule has 12 heteroatoms. The summed E-state index contributed by atoms with van der Waals surface area (Å²) in [6, 6.07) is 41.5. The van der Waals surface area contributed by atoms with Crippen molar-refractivity contribution in [2.24, 2.45) is 0 Å². The fourth-order valence-corrected chi connectivity index (χ4v) is 9.86. The van der Waals surface area contributed by atoms with E-state index in [9.17, 15) is 28.8 Å². The van der Waals surface area contributed by atoms with Gasteiger partial charge in [0.1, 0.15) is 23.0 Å². The second-order valence-electron chi connectivity index (χ2n) is 22.2. The Morgan fingerprint density at radius 3 is 0.835 bits per heavy atom. The molecular weight excluding hydrogens is 1070 g/mol. The maximum Gasteiger partial charge on any atom is 0.343 e. The molecule has 0 aliphatic heterocycles. The number of rotatable bonds is 38. The lowest BCUT2D eigenvalue weighted by molar-refractivity contribution is -0.135. The van der Waals surface area contributed by atoms with Crippen molar-refractivity contribution in [1.82, 2.24) is 0 Å². The van der Waals surface area contributed by atoms with Crippen molar-refractivity contribution in [1.29, 1.82) is 0 Å². The molecule has 0 aliphatic carbocycles. The largest absolute Gasteiger partial charge is 0.459 e. The van der Waals surface area contributed by atoms with Gasteiger partial charge in [-0.05, 0) is 172 Å². The van der Waals surface area contributed by atoms with Gasteiger partial charge in [0.2, 0.25) is 0 Å². The van der Waals surface area contributed by atoms with Crippen LogP contribution in [0.25, 0.3) is 22.3 Å². The fourth-order valence-electron chi connectivity index (χ4n) is 9.86. The molecule has 6 rings (SSSR count). The molecule has 85 heavy (non-hydrogen) atoms. The Morgan fingerprint density at radius 2 is 0.518 bits per heavy atom. The first-order chi connectivity index (χ1) is 41.4. The molecule has 0 saturated heterocycles. The van der Waals surface area contributed by atoms with Crippen molar-refractivity contribution in [3.8, 4) is 45.3 Å². The van der Waals surface area contributed by atoms with E-state index < -0.39 is 11.9 Å². The molecule has 12 nitrogen and oxygen atoms in total. The number of carbonyl (C=O) groups is 6. The maximum absolute atomic E-state index is 12.9. The van der Waals surface area contributed by atoms with Gasteiger partial charge in [0.25, 0.3) is 0 Å². The van der Waals surface area contributed by atoms with Crippen molar-refractivity contribution in [2.75, 3.05) is 0 Å². The highest BCUT2D eigenvalue weighted by molar-refractivity contribution is 5.93. The molecule has 2 unspecified atom stereocenters. The zero-order chi connectivity index (χ0) is 60.4.